The molecule has 144 valence electrons. The highest BCUT2D eigenvalue weighted by molar-refractivity contribution is 14.0. The molecule has 1 aliphatic rings. The number of rotatable bonds is 11. The van der Waals surface area contributed by atoms with Crippen LogP contribution in [0.2, 0.25) is 0 Å². The van der Waals surface area contributed by atoms with Gasteiger partial charge < -0.3 is 15.4 Å². The van der Waals surface area contributed by atoms with E-state index in [4.69, 9.17) is 9.73 Å². The van der Waals surface area contributed by atoms with Gasteiger partial charge in [0.1, 0.15) is 0 Å². The Bertz CT molecular complexity index is 309. The van der Waals surface area contributed by atoms with E-state index in [0.29, 0.717) is 6.04 Å². The molecule has 6 heteroatoms. The standard InChI is InChI=1S/C18H38N4O.HI/c1-4-6-7-10-17(3)21-18(19-5-2)20-11-8-9-12-22-13-15-23-16-14-22;/h17H,4-16H2,1-3H3,(H2,19,20,21);1H. The van der Waals surface area contributed by atoms with Crippen molar-refractivity contribution in [2.75, 3.05) is 45.9 Å². The second-order valence-electron chi connectivity index (χ2n) is 6.46. The molecule has 24 heavy (non-hydrogen) atoms. The number of hydrogen-bond acceptors (Lipinski definition) is 3. The Balaban J connectivity index is 0.00000529. The van der Waals surface area contributed by atoms with Crippen LogP contribution in [0.15, 0.2) is 4.99 Å². The summed E-state index contributed by atoms with van der Waals surface area (Å²) >= 11 is 0. The quantitative estimate of drug-likeness (QED) is 0.218. The Kier molecular flexibility index (Phi) is 16.3. The van der Waals surface area contributed by atoms with Crippen molar-refractivity contribution in [3.63, 3.8) is 0 Å². The van der Waals surface area contributed by atoms with Gasteiger partial charge in [0.25, 0.3) is 0 Å². The summed E-state index contributed by atoms with van der Waals surface area (Å²) in [6.45, 7) is 13.6. The van der Waals surface area contributed by atoms with E-state index in [-0.39, 0.29) is 24.0 Å². The summed E-state index contributed by atoms with van der Waals surface area (Å²) in [5.41, 5.74) is 0. The lowest BCUT2D eigenvalue weighted by molar-refractivity contribution is 0.0373. The first-order valence-corrected chi connectivity index (χ1v) is 9.61. The van der Waals surface area contributed by atoms with Gasteiger partial charge in [-0.1, -0.05) is 26.2 Å². The minimum atomic E-state index is 0. The fourth-order valence-electron chi connectivity index (χ4n) is 2.79. The fourth-order valence-corrected chi connectivity index (χ4v) is 2.79. The number of nitrogens with zero attached hydrogens (tertiary/aromatic N) is 2. The zero-order valence-corrected chi connectivity index (χ0v) is 18.3. The van der Waals surface area contributed by atoms with Gasteiger partial charge in [-0.15, -0.1) is 24.0 Å². The number of unbranched alkanes of at least 4 members (excludes halogenated alkanes) is 3. The van der Waals surface area contributed by atoms with Crippen LogP contribution < -0.4 is 10.6 Å². The average molecular weight is 454 g/mol. The molecule has 1 unspecified atom stereocenters. The molecule has 0 spiro atoms. The lowest BCUT2D eigenvalue weighted by atomic mass is 10.1. The van der Waals surface area contributed by atoms with Crippen LogP contribution in [0.1, 0.15) is 59.3 Å². The van der Waals surface area contributed by atoms with Crippen LogP contribution in [-0.4, -0.2) is 62.8 Å². The number of guanidine groups is 1. The van der Waals surface area contributed by atoms with Crippen LogP contribution in [0.25, 0.3) is 0 Å². The maximum absolute atomic E-state index is 5.38. The van der Waals surface area contributed by atoms with Crippen molar-refractivity contribution in [3.05, 3.63) is 0 Å². The van der Waals surface area contributed by atoms with E-state index >= 15 is 0 Å². The fraction of sp³-hybridized carbons (Fsp3) is 0.944. The predicted molar refractivity (Wildman–Crippen MR) is 115 cm³/mol. The molecule has 0 saturated carbocycles. The van der Waals surface area contributed by atoms with Gasteiger partial charge in [0.15, 0.2) is 5.96 Å². The first-order chi connectivity index (χ1) is 11.3. The monoisotopic (exact) mass is 454 g/mol. The summed E-state index contributed by atoms with van der Waals surface area (Å²) in [6.07, 6.45) is 7.48. The molecule has 1 saturated heterocycles. The van der Waals surface area contributed by atoms with Crippen molar-refractivity contribution in [3.8, 4) is 0 Å². The lowest BCUT2D eigenvalue weighted by Gasteiger charge is -2.26. The minimum Gasteiger partial charge on any atom is -0.379 e. The summed E-state index contributed by atoms with van der Waals surface area (Å²) in [7, 11) is 0. The second-order valence-corrected chi connectivity index (χ2v) is 6.46. The van der Waals surface area contributed by atoms with Crippen molar-refractivity contribution in [1.29, 1.82) is 0 Å². The van der Waals surface area contributed by atoms with E-state index in [1.165, 1.54) is 38.6 Å². The molecule has 0 radical (unpaired) electrons. The van der Waals surface area contributed by atoms with Gasteiger partial charge in [-0.2, -0.15) is 0 Å². The van der Waals surface area contributed by atoms with Crippen molar-refractivity contribution in [2.45, 2.75) is 65.3 Å². The molecule has 1 heterocycles. The maximum atomic E-state index is 5.38. The molecule has 1 atom stereocenters. The molecule has 0 amide bonds. The van der Waals surface area contributed by atoms with Crippen LogP contribution in [0.5, 0.6) is 0 Å². The Morgan fingerprint density at radius 2 is 1.88 bits per heavy atom. The molecule has 0 bridgehead atoms. The zero-order valence-electron chi connectivity index (χ0n) is 16.0. The topological polar surface area (TPSA) is 48.9 Å². The number of aliphatic imine (C=N–C) groups is 1. The number of halogens is 1. The lowest BCUT2D eigenvalue weighted by Crippen LogP contribution is -2.42. The molecular weight excluding hydrogens is 415 g/mol. The molecule has 5 nitrogen and oxygen atoms in total. The average Bonchev–Trinajstić information content (AvgIpc) is 2.56. The molecule has 0 aromatic rings. The van der Waals surface area contributed by atoms with Crippen LogP contribution in [-0.2, 0) is 4.74 Å². The molecule has 2 N–H and O–H groups in total. The maximum Gasteiger partial charge on any atom is 0.191 e. The van der Waals surface area contributed by atoms with Gasteiger partial charge in [0.2, 0.25) is 0 Å². The minimum absolute atomic E-state index is 0. The van der Waals surface area contributed by atoms with Crippen LogP contribution in [0.3, 0.4) is 0 Å². The molecule has 1 fully saturated rings. The largest absolute Gasteiger partial charge is 0.379 e. The van der Waals surface area contributed by atoms with Crippen LogP contribution in [0.4, 0.5) is 0 Å². The third-order valence-corrected chi connectivity index (χ3v) is 4.22. The second kappa shape index (κ2) is 16.4. The van der Waals surface area contributed by atoms with E-state index in [0.717, 1.165) is 51.8 Å². The first-order valence-electron chi connectivity index (χ1n) is 9.61. The zero-order chi connectivity index (χ0) is 16.8. The van der Waals surface area contributed by atoms with Crippen molar-refractivity contribution >= 4 is 29.9 Å². The summed E-state index contributed by atoms with van der Waals surface area (Å²) in [5, 5.41) is 6.89. The summed E-state index contributed by atoms with van der Waals surface area (Å²) < 4.78 is 5.38. The van der Waals surface area contributed by atoms with Gasteiger partial charge >= 0.3 is 0 Å². The Labute approximate surface area is 166 Å². The van der Waals surface area contributed by atoms with E-state index in [1.807, 2.05) is 0 Å². The third kappa shape index (κ3) is 12.3. The van der Waals surface area contributed by atoms with Crippen molar-refractivity contribution in [2.24, 2.45) is 4.99 Å². The van der Waals surface area contributed by atoms with Crippen molar-refractivity contribution in [1.82, 2.24) is 15.5 Å². The number of nitrogens with one attached hydrogen (secondary N) is 2. The smallest absolute Gasteiger partial charge is 0.191 e. The number of morpholine rings is 1. The van der Waals surface area contributed by atoms with E-state index in [1.54, 1.807) is 0 Å². The van der Waals surface area contributed by atoms with E-state index < -0.39 is 0 Å². The molecule has 0 aromatic heterocycles. The van der Waals surface area contributed by atoms with Gasteiger partial charge in [-0.25, -0.2) is 0 Å². The van der Waals surface area contributed by atoms with Crippen LogP contribution in [0, 0.1) is 0 Å². The summed E-state index contributed by atoms with van der Waals surface area (Å²) in [5.74, 6) is 0.975. The van der Waals surface area contributed by atoms with Gasteiger partial charge in [0.05, 0.1) is 13.2 Å². The number of hydrogen-bond donors (Lipinski definition) is 2. The van der Waals surface area contributed by atoms with Gasteiger partial charge in [-0.3, -0.25) is 9.89 Å². The Morgan fingerprint density at radius 3 is 2.54 bits per heavy atom. The molecule has 1 aliphatic heterocycles. The highest BCUT2D eigenvalue weighted by Gasteiger charge is 2.09. The highest BCUT2D eigenvalue weighted by Crippen LogP contribution is 2.03. The van der Waals surface area contributed by atoms with Crippen LogP contribution >= 0.6 is 24.0 Å². The Morgan fingerprint density at radius 1 is 1.12 bits per heavy atom. The predicted octanol–water partition coefficient (Wildman–Crippen LogP) is 3.24. The third-order valence-electron chi connectivity index (χ3n) is 4.22. The summed E-state index contributed by atoms with van der Waals surface area (Å²) in [6, 6.07) is 0.493. The molecular formula is C18H39IN4O. The Hall–Kier alpha value is -0.0800. The van der Waals surface area contributed by atoms with E-state index in [2.05, 4.69) is 36.3 Å². The van der Waals surface area contributed by atoms with Gasteiger partial charge in [-0.05, 0) is 39.7 Å². The molecule has 1 rings (SSSR count). The molecule has 0 aromatic carbocycles. The van der Waals surface area contributed by atoms with Gasteiger partial charge in [0, 0.05) is 32.2 Å². The first kappa shape index (κ1) is 23.9. The SMILES string of the molecule is CCCCCC(C)NC(=NCCCCN1CCOCC1)NCC.I. The number of ether oxygens (including phenoxy) is 1. The van der Waals surface area contributed by atoms with Crippen molar-refractivity contribution < 1.29 is 4.74 Å². The summed E-state index contributed by atoms with van der Waals surface area (Å²) in [4.78, 5) is 7.21. The van der Waals surface area contributed by atoms with E-state index in [9.17, 15) is 0 Å². The highest BCUT2D eigenvalue weighted by atomic mass is 127. The molecule has 0 aliphatic carbocycles. The normalized spacial score (nSPS) is 17.2.